The Hall–Kier alpha value is -3.07. The van der Waals surface area contributed by atoms with Gasteiger partial charge >= 0.3 is 0 Å². The number of amides is 1. The van der Waals surface area contributed by atoms with Crippen molar-refractivity contribution in [2.75, 3.05) is 19.7 Å². The maximum absolute atomic E-state index is 12.1. The van der Waals surface area contributed by atoms with Crippen LogP contribution in [0.1, 0.15) is 11.1 Å². The third kappa shape index (κ3) is 3.82. The first-order valence-corrected chi connectivity index (χ1v) is 7.64. The molecule has 6 heteroatoms. The van der Waals surface area contributed by atoms with E-state index in [9.17, 15) is 4.79 Å². The summed E-state index contributed by atoms with van der Waals surface area (Å²) in [5.74, 6) is 1.01. The van der Waals surface area contributed by atoms with Crippen molar-refractivity contribution in [1.82, 2.24) is 9.88 Å². The molecule has 2 heterocycles. The number of carbonyl (C=O) groups excluding carboxylic acids is 1. The van der Waals surface area contributed by atoms with E-state index in [0.717, 1.165) is 5.56 Å². The predicted octanol–water partition coefficient (Wildman–Crippen LogP) is 1.93. The molecule has 0 saturated carbocycles. The van der Waals surface area contributed by atoms with Crippen molar-refractivity contribution < 1.29 is 14.3 Å². The molecule has 1 fully saturated rings. The lowest BCUT2D eigenvalue weighted by Gasteiger charge is -2.38. The smallest absolute Gasteiger partial charge is 0.260 e. The fourth-order valence-corrected chi connectivity index (χ4v) is 2.30. The molecule has 0 N–H and O–H groups in total. The molecular weight excluding hydrogens is 306 g/mol. The number of ether oxygens (including phenoxy) is 2. The van der Waals surface area contributed by atoms with Gasteiger partial charge in [-0.3, -0.25) is 4.79 Å². The number of nitrogens with zero attached hydrogens (tertiary/aromatic N) is 3. The second kappa shape index (κ2) is 7.01. The Morgan fingerprint density at radius 2 is 2.08 bits per heavy atom. The molecule has 0 spiro atoms. The minimum atomic E-state index is -0.102. The number of rotatable bonds is 5. The molecular formula is C18H17N3O3. The molecule has 122 valence electrons. The van der Waals surface area contributed by atoms with Gasteiger partial charge < -0.3 is 14.4 Å². The maximum Gasteiger partial charge on any atom is 0.260 e. The Morgan fingerprint density at radius 1 is 1.33 bits per heavy atom. The Bertz CT molecular complexity index is 762. The van der Waals surface area contributed by atoms with E-state index in [4.69, 9.17) is 14.7 Å². The largest absolute Gasteiger partial charge is 0.484 e. The summed E-state index contributed by atoms with van der Waals surface area (Å²) in [6, 6.07) is 12.8. The maximum atomic E-state index is 12.1. The molecule has 0 radical (unpaired) electrons. The van der Waals surface area contributed by atoms with Crippen molar-refractivity contribution in [3.05, 3.63) is 53.7 Å². The molecule has 1 aromatic carbocycles. The fraction of sp³-hybridized carbons (Fsp3) is 0.278. The number of aromatic nitrogens is 1. The van der Waals surface area contributed by atoms with Gasteiger partial charge in [-0.2, -0.15) is 5.26 Å². The monoisotopic (exact) mass is 323 g/mol. The lowest BCUT2D eigenvalue weighted by molar-refractivity contribution is -0.142. The zero-order valence-electron chi connectivity index (χ0n) is 13.3. The first kappa shape index (κ1) is 15.8. The van der Waals surface area contributed by atoms with Gasteiger partial charge in [0.1, 0.15) is 11.9 Å². The van der Waals surface area contributed by atoms with E-state index in [1.807, 2.05) is 37.3 Å². The van der Waals surface area contributed by atoms with E-state index in [1.165, 1.54) is 6.20 Å². The molecule has 1 amide bonds. The van der Waals surface area contributed by atoms with Crippen molar-refractivity contribution in [2.24, 2.45) is 0 Å². The van der Waals surface area contributed by atoms with Crippen LogP contribution in [0.15, 0.2) is 42.6 Å². The highest BCUT2D eigenvalue weighted by molar-refractivity contribution is 5.78. The molecule has 1 aliphatic rings. The quantitative estimate of drug-likeness (QED) is 0.840. The van der Waals surface area contributed by atoms with Crippen LogP contribution in [0.3, 0.4) is 0 Å². The van der Waals surface area contributed by atoms with Gasteiger partial charge in [-0.05, 0) is 25.1 Å². The average Bonchev–Trinajstić information content (AvgIpc) is 2.57. The van der Waals surface area contributed by atoms with Crippen LogP contribution in [-0.4, -0.2) is 41.6 Å². The summed E-state index contributed by atoms with van der Waals surface area (Å²) in [7, 11) is 0. The molecule has 1 saturated heterocycles. The van der Waals surface area contributed by atoms with E-state index in [-0.39, 0.29) is 18.6 Å². The second-order valence-electron chi connectivity index (χ2n) is 5.63. The average molecular weight is 323 g/mol. The van der Waals surface area contributed by atoms with Crippen LogP contribution >= 0.6 is 0 Å². The summed E-state index contributed by atoms with van der Waals surface area (Å²) in [5.41, 5.74) is 1.64. The SMILES string of the molecule is Cc1ccc(OCC(=O)N2CC(Oc3cc(C#N)ccn3)C2)cc1. The number of hydrogen-bond donors (Lipinski definition) is 0. The highest BCUT2D eigenvalue weighted by atomic mass is 16.5. The molecule has 24 heavy (non-hydrogen) atoms. The van der Waals surface area contributed by atoms with E-state index < -0.39 is 0 Å². The van der Waals surface area contributed by atoms with Gasteiger partial charge in [-0.25, -0.2) is 4.98 Å². The van der Waals surface area contributed by atoms with Crippen molar-refractivity contribution in [3.8, 4) is 17.7 Å². The zero-order chi connectivity index (χ0) is 16.9. The predicted molar refractivity (Wildman–Crippen MR) is 86.6 cm³/mol. The third-order valence-electron chi connectivity index (χ3n) is 3.74. The number of benzene rings is 1. The van der Waals surface area contributed by atoms with Crippen molar-refractivity contribution in [3.63, 3.8) is 0 Å². The first-order valence-electron chi connectivity index (χ1n) is 7.64. The Labute approximate surface area is 140 Å². The molecule has 0 unspecified atom stereocenters. The normalized spacial score (nSPS) is 13.8. The molecule has 0 atom stereocenters. The molecule has 0 aliphatic carbocycles. The molecule has 1 aromatic heterocycles. The van der Waals surface area contributed by atoms with Crippen LogP contribution in [0.25, 0.3) is 0 Å². The van der Waals surface area contributed by atoms with Gasteiger partial charge in [0.2, 0.25) is 5.88 Å². The van der Waals surface area contributed by atoms with E-state index >= 15 is 0 Å². The summed E-state index contributed by atoms with van der Waals surface area (Å²) < 4.78 is 11.1. The Kier molecular flexibility index (Phi) is 4.62. The van der Waals surface area contributed by atoms with Crippen molar-refractivity contribution in [1.29, 1.82) is 5.26 Å². The first-order chi connectivity index (χ1) is 11.6. The minimum Gasteiger partial charge on any atom is -0.484 e. The summed E-state index contributed by atoms with van der Waals surface area (Å²) in [6.45, 7) is 3.00. The van der Waals surface area contributed by atoms with E-state index in [2.05, 4.69) is 4.98 Å². The second-order valence-corrected chi connectivity index (χ2v) is 5.63. The van der Waals surface area contributed by atoms with Crippen LogP contribution in [-0.2, 0) is 4.79 Å². The highest BCUT2D eigenvalue weighted by Gasteiger charge is 2.32. The van der Waals surface area contributed by atoms with Gasteiger partial charge in [-0.15, -0.1) is 0 Å². The summed E-state index contributed by atoms with van der Waals surface area (Å²) >= 11 is 0. The number of pyridine rings is 1. The summed E-state index contributed by atoms with van der Waals surface area (Å²) in [5, 5.41) is 8.85. The molecule has 1 aliphatic heterocycles. The van der Waals surface area contributed by atoms with Crippen molar-refractivity contribution in [2.45, 2.75) is 13.0 Å². The van der Waals surface area contributed by atoms with Crippen LogP contribution in [0, 0.1) is 18.3 Å². The minimum absolute atomic E-state index is 0.0119. The topological polar surface area (TPSA) is 75.4 Å². The van der Waals surface area contributed by atoms with Gasteiger partial charge in [0.05, 0.1) is 24.7 Å². The van der Waals surface area contributed by atoms with Crippen LogP contribution in [0.4, 0.5) is 0 Å². The standard InChI is InChI=1S/C18H17N3O3/c1-13-2-4-15(5-3-13)23-12-18(22)21-10-16(11-21)24-17-8-14(9-19)6-7-20-17/h2-8,16H,10-12H2,1H3. The summed E-state index contributed by atoms with van der Waals surface area (Å²) in [6.07, 6.45) is 1.43. The zero-order valence-corrected chi connectivity index (χ0v) is 13.3. The van der Waals surface area contributed by atoms with Crippen LogP contribution in [0.2, 0.25) is 0 Å². The molecule has 0 bridgehead atoms. The van der Waals surface area contributed by atoms with E-state index in [1.54, 1.807) is 17.0 Å². The molecule has 3 rings (SSSR count). The number of carbonyl (C=O) groups is 1. The number of aryl methyl sites for hydroxylation is 1. The third-order valence-corrected chi connectivity index (χ3v) is 3.74. The van der Waals surface area contributed by atoms with Crippen LogP contribution < -0.4 is 9.47 Å². The van der Waals surface area contributed by atoms with E-state index in [0.29, 0.717) is 30.3 Å². The number of nitriles is 1. The van der Waals surface area contributed by atoms with Gasteiger partial charge in [0, 0.05) is 12.3 Å². The van der Waals surface area contributed by atoms with Crippen molar-refractivity contribution >= 4 is 5.91 Å². The lowest BCUT2D eigenvalue weighted by atomic mass is 10.1. The van der Waals surface area contributed by atoms with Gasteiger partial charge in [0.15, 0.2) is 6.61 Å². The fourth-order valence-electron chi connectivity index (χ4n) is 2.30. The number of likely N-dealkylation sites (tertiary alicyclic amines) is 1. The van der Waals surface area contributed by atoms with Gasteiger partial charge in [0.25, 0.3) is 5.91 Å². The Morgan fingerprint density at radius 3 is 2.79 bits per heavy atom. The lowest BCUT2D eigenvalue weighted by Crippen LogP contribution is -2.57. The van der Waals surface area contributed by atoms with Crippen LogP contribution in [0.5, 0.6) is 11.6 Å². The van der Waals surface area contributed by atoms with Gasteiger partial charge in [-0.1, -0.05) is 17.7 Å². The highest BCUT2D eigenvalue weighted by Crippen LogP contribution is 2.18. The number of hydrogen-bond acceptors (Lipinski definition) is 5. The Balaban J connectivity index is 1.43. The molecule has 2 aromatic rings. The summed E-state index contributed by atoms with van der Waals surface area (Å²) in [4.78, 5) is 17.8. The molecule has 6 nitrogen and oxygen atoms in total.